The van der Waals surface area contributed by atoms with E-state index in [9.17, 15) is 14.9 Å². The standard InChI is InChI=1S/C20H17Cl2N5O4S/c1-2-9-26-18(11-31-15-6-3-13(21)4-7-15)24-25-20(26)32-12-19(28)23-14-5-8-16(22)17(10-14)27(29)30/h2-8,10H,1,9,11-12H2,(H,23,28). The Kier molecular flexibility index (Phi) is 8.09. The molecule has 32 heavy (non-hydrogen) atoms. The minimum Gasteiger partial charge on any atom is -0.486 e. The SMILES string of the molecule is C=CCn1c(COc2ccc(Cl)cc2)nnc1SCC(=O)Nc1ccc(Cl)c([N+](=O)[O-])c1. The number of carbonyl (C=O) groups is 1. The molecule has 0 unspecified atom stereocenters. The quantitative estimate of drug-likeness (QED) is 0.183. The molecular weight excluding hydrogens is 477 g/mol. The molecule has 9 nitrogen and oxygen atoms in total. The van der Waals surface area contributed by atoms with E-state index in [4.69, 9.17) is 27.9 Å². The highest BCUT2D eigenvalue weighted by Crippen LogP contribution is 2.27. The molecule has 0 aliphatic heterocycles. The van der Waals surface area contributed by atoms with Crippen molar-refractivity contribution in [2.75, 3.05) is 11.1 Å². The van der Waals surface area contributed by atoms with Gasteiger partial charge in [0.05, 0.1) is 10.7 Å². The van der Waals surface area contributed by atoms with E-state index in [1.807, 2.05) is 0 Å². The molecule has 0 bridgehead atoms. The lowest BCUT2D eigenvalue weighted by Gasteiger charge is -2.09. The van der Waals surface area contributed by atoms with E-state index in [-0.39, 0.29) is 34.7 Å². The van der Waals surface area contributed by atoms with E-state index in [1.165, 1.54) is 30.0 Å². The lowest BCUT2D eigenvalue weighted by molar-refractivity contribution is -0.384. The zero-order chi connectivity index (χ0) is 23.1. The number of carbonyl (C=O) groups excluding carboxylic acids is 1. The highest BCUT2D eigenvalue weighted by Gasteiger charge is 2.16. The lowest BCUT2D eigenvalue weighted by Crippen LogP contribution is -2.15. The number of hydrogen-bond donors (Lipinski definition) is 1. The Hall–Kier alpha value is -3.08. The number of nitro groups is 1. The largest absolute Gasteiger partial charge is 0.486 e. The highest BCUT2D eigenvalue weighted by atomic mass is 35.5. The fourth-order valence-corrected chi connectivity index (χ4v) is 3.66. The first-order chi connectivity index (χ1) is 15.4. The van der Waals surface area contributed by atoms with Crippen LogP contribution in [-0.4, -0.2) is 31.3 Å². The number of amides is 1. The molecule has 0 spiro atoms. The van der Waals surface area contributed by atoms with E-state index in [2.05, 4.69) is 22.1 Å². The molecule has 1 aromatic heterocycles. The fraction of sp³-hybridized carbons (Fsp3) is 0.150. The minimum absolute atomic E-state index is 0.00625. The predicted molar refractivity (Wildman–Crippen MR) is 123 cm³/mol. The first kappa shape index (κ1) is 23.6. The van der Waals surface area contributed by atoms with Gasteiger partial charge in [-0.25, -0.2) is 0 Å². The van der Waals surface area contributed by atoms with E-state index < -0.39 is 4.92 Å². The Morgan fingerprint density at radius 2 is 2.00 bits per heavy atom. The number of rotatable bonds is 10. The minimum atomic E-state index is -0.613. The van der Waals surface area contributed by atoms with Gasteiger partial charge in [-0.15, -0.1) is 16.8 Å². The third kappa shape index (κ3) is 6.22. The van der Waals surface area contributed by atoms with Gasteiger partial charge in [0.15, 0.2) is 11.0 Å². The molecular formula is C20H17Cl2N5O4S. The van der Waals surface area contributed by atoms with Gasteiger partial charge in [-0.3, -0.25) is 19.5 Å². The van der Waals surface area contributed by atoms with Crippen molar-refractivity contribution >= 4 is 52.2 Å². The van der Waals surface area contributed by atoms with Crippen LogP contribution in [0.15, 0.2) is 60.3 Å². The number of benzene rings is 2. The number of aromatic nitrogens is 3. The van der Waals surface area contributed by atoms with Crippen LogP contribution in [0, 0.1) is 10.1 Å². The fourth-order valence-electron chi connectivity index (χ4n) is 2.58. The summed E-state index contributed by atoms with van der Waals surface area (Å²) in [5.74, 6) is 0.854. The summed E-state index contributed by atoms with van der Waals surface area (Å²) in [5.41, 5.74) is -0.00973. The second-order valence-electron chi connectivity index (χ2n) is 6.30. The molecule has 166 valence electrons. The van der Waals surface area contributed by atoms with Gasteiger partial charge in [0.25, 0.3) is 5.69 Å². The molecule has 3 rings (SSSR count). The van der Waals surface area contributed by atoms with Crippen LogP contribution in [-0.2, 0) is 17.9 Å². The third-order valence-electron chi connectivity index (χ3n) is 4.05. The smallest absolute Gasteiger partial charge is 0.289 e. The van der Waals surface area contributed by atoms with Crippen LogP contribution in [0.1, 0.15) is 5.82 Å². The van der Waals surface area contributed by atoms with Crippen molar-refractivity contribution in [3.05, 3.63) is 81.1 Å². The number of halogens is 2. The first-order valence-electron chi connectivity index (χ1n) is 9.15. The summed E-state index contributed by atoms with van der Waals surface area (Å²) in [7, 11) is 0. The zero-order valence-corrected chi connectivity index (χ0v) is 18.9. The van der Waals surface area contributed by atoms with Gasteiger partial charge in [-0.1, -0.05) is 41.0 Å². The Morgan fingerprint density at radius 1 is 1.25 bits per heavy atom. The zero-order valence-electron chi connectivity index (χ0n) is 16.5. The first-order valence-corrected chi connectivity index (χ1v) is 10.9. The summed E-state index contributed by atoms with van der Waals surface area (Å²) in [6.45, 7) is 4.34. The van der Waals surface area contributed by atoms with Crippen molar-refractivity contribution in [3.8, 4) is 5.75 Å². The maximum atomic E-state index is 12.3. The van der Waals surface area contributed by atoms with Crippen molar-refractivity contribution in [1.82, 2.24) is 14.8 Å². The van der Waals surface area contributed by atoms with Crippen LogP contribution < -0.4 is 10.1 Å². The Balaban J connectivity index is 1.62. The van der Waals surface area contributed by atoms with Gasteiger partial charge in [0.1, 0.15) is 17.4 Å². The average molecular weight is 494 g/mol. The summed E-state index contributed by atoms with van der Waals surface area (Å²) in [6.07, 6.45) is 1.69. The maximum Gasteiger partial charge on any atom is 0.289 e. The van der Waals surface area contributed by atoms with Gasteiger partial charge in [0.2, 0.25) is 5.91 Å². The Bertz CT molecular complexity index is 1140. The van der Waals surface area contributed by atoms with Gasteiger partial charge < -0.3 is 10.1 Å². The molecule has 0 aliphatic carbocycles. The number of ether oxygens (including phenoxy) is 1. The number of anilines is 1. The summed E-state index contributed by atoms with van der Waals surface area (Å²) in [6, 6.07) is 11.0. The number of thioether (sulfide) groups is 1. The van der Waals surface area contributed by atoms with E-state index in [0.29, 0.717) is 28.3 Å². The third-order valence-corrected chi connectivity index (χ3v) is 5.58. The molecule has 0 fully saturated rings. The van der Waals surface area contributed by atoms with Crippen LogP contribution in [0.5, 0.6) is 5.75 Å². The monoisotopic (exact) mass is 493 g/mol. The Labute approximate surface area is 197 Å². The van der Waals surface area contributed by atoms with Crippen LogP contribution in [0.2, 0.25) is 10.0 Å². The molecule has 2 aromatic carbocycles. The topological polar surface area (TPSA) is 112 Å². The van der Waals surface area contributed by atoms with E-state index >= 15 is 0 Å². The van der Waals surface area contributed by atoms with Crippen LogP contribution in [0.25, 0.3) is 0 Å². The molecule has 1 N–H and O–H groups in total. The van der Waals surface area contributed by atoms with Gasteiger partial charge in [-0.05, 0) is 36.4 Å². The van der Waals surface area contributed by atoms with Gasteiger partial charge in [-0.2, -0.15) is 0 Å². The molecule has 1 heterocycles. The molecule has 0 atom stereocenters. The predicted octanol–water partition coefficient (Wildman–Crippen LogP) is 4.99. The van der Waals surface area contributed by atoms with Crippen molar-refractivity contribution in [2.45, 2.75) is 18.3 Å². The normalized spacial score (nSPS) is 10.6. The summed E-state index contributed by atoms with van der Waals surface area (Å²) < 4.78 is 7.51. The summed E-state index contributed by atoms with van der Waals surface area (Å²) >= 11 is 12.8. The lowest BCUT2D eigenvalue weighted by atomic mass is 10.3. The molecule has 1 amide bonds. The molecule has 12 heteroatoms. The highest BCUT2D eigenvalue weighted by molar-refractivity contribution is 7.99. The van der Waals surface area contributed by atoms with Gasteiger partial charge in [0, 0.05) is 23.3 Å². The van der Waals surface area contributed by atoms with Crippen molar-refractivity contribution in [3.63, 3.8) is 0 Å². The molecule has 0 saturated carbocycles. The molecule has 3 aromatic rings. The number of nitrogens with zero attached hydrogens (tertiary/aromatic N) is 4. The van der Waals surface area contributed by atoms with Gasteiger partial charge >= 0.3 is 0 Å². The number of nitro benzene ring substituents is 1. The number of nitrogens with one attached hydrogen (secondary N) is 1. The van der Waals surface area contributed by atoms with Crippen LogP contribution in [0.3, 0.4) is 0 Å². The average Bonchev–Trinajstić information content (AvgIpc) is 3.15. The van der Waals surface area contributed by atoms with Crippen LogP contribution >= 0.6 is 35.0 Å². The molecule has 0 aliphatic rings. The van der Waals surface area contributed by atoms with Crippen molar-refractivity contribution in [2.24, 2.45) is 0 Å². The van der Waals surface area contributed by atoms with Crippen molar-refractivity contribution in [1.29, 1.82) is 0 Å². The van der Waals surface area contributed by atoms with E-state index in [0.717, 1.165) is 0 Å². The second-order valence-corrected chi connectivity index (χ2v) is 8.09. The molecule has 0 radical (unpaired) electrons. The maximum absolute atomic E-state index is 12.3. The number of hydrogen-bond acceptors (Lipinski definition) is 7. The summed E-state index contributed by atoms with van der Waals surface area (Å²) in [4.78, 5) is 22.7. The van der Waals surface area contributed by atoms with Crippen molar-refractivity contribution < 1.29 is 14.5 Å². The molecule has 0 saturated heterocycles. The van der Waals surface area contributed by atoms with Crippen LogP contribution in [0.4, 0.5) is 11.4 Å². The second kappa shape index (κ2) is 11.0. The van der Waals surface area contributed by atoms with E-state index in [1.54, 1.807) is 34.9 Å². The Morgan fingerprint density at radius 3 is 2.69 bits per heavy atom. The summed E-state index contributed by atoms with van der Waals surface area (Å²) in [5, 5.41) is 23.0. The number of allylic oxidation sites excluding steroid dienone is 1.